The molecule has 0 fully saturated rings. The van der Waals surface area contributed by atoms with Gasteiger partial charge in [0.25, 0.3) is 0 Å². The van der Waals surface area contributed by atoms with Gasteiger partial charge >= 0.3 is 0 Å². The van der Waals surface area contributed by atoms with E-state index in [1.54, 1.807) is 11.8 Å². The fraction of sp³-hybridized carbons (Fsp3) is 0.294. The number of hydrogen-bond acceptors (Lipinski definition) is 2. The topological polar surface area (TPSA) is 20.2 Å². The van der Waals surface area contributed by atoms with Crippen molar-refractivity contribution in [1.82, 2.24) is 0 Å². The minimum absolute atomic E-state index is 0.388. The molecule has 0 saturated carbocycles. The number of rotatable bonds is 5. The lowest BCUT2D eigenvalue weighted by Gasteiger charge is -2.12. The SMILES string of the molecule is Cc1cccc(SCC(O)Cc2ccc(C)cc2Cl)c1. The van der Waals surface area contributed by atoms with Crippen LogP contribution in [0.2, 0.25) is 5.02 Å². The van der Waals surface area contributed by atoms with Crippen molar-refractivity contribution in [3.8, 4) is 0 Å². The summed E-state index contributed by atoms with van der Waals surface area (Å²) in [5.74, 6) is 0.674. The molecule has 0 spiro atoms. The highest BCUT2D eigenvalue weighted by Crippen LogP contribution is 2.23. The first-order valence-corrected chi connectivity index (χ1v) is 8.03. The lowest BCUT2D eigenvalue weighted by molar-refractivity contribution is 0.200. The van der Waals surface area contributed by atoms with Crippen LogP contribution in [-0.4, -0.2) is 17.0 Å². The summed E-state index contributed by atoms with van der Waals surface area (Å²) in [6, 6.07) is 14.3. The number of hydrogen-bond donors (Lipinski definition) is 1. The molecular weight excluding hydrogens is 288 g/mol. The quantitative estimate of drug-likeness (QED) is 0.811. The number of halogens is 1. The highest BCUT2D eigenvalue weighted by molar-refractivity contribution is 7.99. The third-order valence-corrected chi connectivity index (χ3v) is 4.59. The zero-order valence-electron chi connectivity index (χ0n) is 11.8. The Bertz CT molecular complexity index is 583. The summed E-state index contributed by atoms with van der Waals surface area (Å²) in [6.07, 6.45) is 0.207. The summed E-state index contributed by atoms with van der Waals surface area (Å²) in [7, 11) is 0. The van der Waals surface area contributed by atoms with Gasteiger partial charge in [0.1, 0.15) is 0 Å². The molecule has 0 amide bonds. The Labute approximate surface area is 130 Å². The van der Waals surface area contributed by atoms with E-state index in [0.29, 0.717) is 12.2 Å². The van der Waals surface area contributed by atoms with Gasteiger partial charge in [0.15, 0.2) is 0 Å². The van der Waals surface area contributed by atoms with E-state index in [1.807, 2.05) is 31.2 Å². The predicted molar refractivity (Wildman–Crippen MR) is 87.8 cm³/mol. The molecule has 0 aromatic heterocycles. The summed E-state index contributed by atoms with van der Waals surface area (Å²) < 4.78 is 0. The van der Waals surface area contributed by atoms with E-state index >= 15 is 0 Å². The van der Waals surface area contributed by atoms with Gasteiger partial charge in [-0.15, -0.1) is 11.8 Å². The molecule has 1 atom stereocenters. The molecule has 0 radical (unpaired) electrons. The van der Waals surface area contributed by atoms with Crippen LogP contribution >= 0.6 is 23.4 Å². The minimum Gasteiger partial charge on any atom is -0.392 e. The zero-order valence-corrected chi connectivity index (χ0v) is 13.3. The van der Waals surface area contributed by atoms with Gasteiger partial charge in [0.2, 0.25) is 0 Å². The number of thioether (sulfide) groups is 1. The molecule has 0 saturated heterocycles. The maximum Gasteiger partial charge on any atom is 0.0674 e. The van der Waals surface area contributed by atoms with Crippen molar-refractivity contribution >= 4 is 23.4 Å². The Hall–Kier alpha value is -0.960. The molecule has 1 unspecified atom stereocenters. The molecule has 20 heavy (non-hydrogen) atoms. The van der Waals surface area contributed by atoms with Gasteiger partial charge in [-0.3, -0.25) is 0 Å². The molecule has 2 rings (SSSR count). The van der Waals surface area contributed by atoms with Crippen LogP contribution in [0.1, 0.15) is 16.7 Å². The van der Waals surface area contributed by atoms with Crippen LogP contribution in [0.25, 0.3) is 0 Å². The molecule has 106 valence electrons. The van der Waals surface area contributed by atoms with Crippen LogP contribution in [0, 0.1) is 13.8 Å². The number of aryl methyl sites for hydroxylation is 2. The van der Waals surface area contributed by atoms with Gasteiger partial charge in [-0.05, 0) is 43.2 Å². The maximum atomic E-state index is 10.1. The predicted octanol–water partition coefficient (Wildman–Crippen LogP) is 4.65. The Morgan fingerprint density at radius 2 is 1.85 bits per heavy atom. The van der Waals surface area contributed by atoms with Gasteiger partial charge in [0.05, 0.1) is 6.10 Å². The van der Waals surface area contributed by atoms with Gasteiger partial charge in [-0.1, -0.05) is 41.4 Å². The summed E-state index contributed by atoms with van der Waals surface area (Å²) in [4.78, 5) is 1.19. The average molecular weight is 307 g/mol. The van der Waals surface area contributed by atoms with Crippen molar-refractivity contribution in [2.24, 2.45) is 0 Å². The maximum absolute atomic E-state index is 10.1. The summed E-state index contributed by atoms with van der Waals surface area (Å²) in [5.41, 5.74) is 3.39. The second kappa shape index (κ2) is 7.16. The van der Waals surface area contributed by atoms with Gasteiger partial charge in [-0.2, -0.15) is 0 Å². The molecule has 2 aromatic rings. The van der Waals surface area contributed by atoms with Crippen LogP contribution in [0.4, 0.5) is 0 Å². The lowest BCUT2D eigenvalue weighted by atomic mass is 10.1. The Kier molecular flexibility index (Phi) is 5.53. The molecule has 0 aliphatic rings. The monoisotopic (exact) mass is 306 g/mol. The van der Waals surface area contributed by atoms with E-state index in [0.717, 1.165) is 16.1 Å². The number of benzene rings is 2. The van der Waals surface area contributed by atoms with Crippen molar-refractivity contribution in [2.45, 2.75) is 31.3 Å². The van der Waals surface area contributed by atoms with Crippen LogP contribution < -0.4 is 0 Å². The van der Waals surface area contributed by atoms with E-state index < -0.39 is 0 Å². The van der Waals surface area contributed by atoms with Gasteiger partial charge < -0.3 is 5.11 Å². The molecule has 0 bridgehead atoms. The standard InChI is InChI=1S/C17H19ClOS/c1-12-4-3-5-16(8-12)20-11-15(19)10-14-7-6-13(2)9-17(14)18/h3-9,15,19H,10-11H2,1-2H3. The van der Waals surface area contributed by atoms with Crippen LogP contribution in [0.15, 0.2) is 47.4 Å². The Morgan fingerprint density at radius 1 is 1.10 bits per heavy atom. The highest BCUT2D eigenvalue weighted by Gasteiger charge is 2.09. The minimum atomic E-state index is -0.388. The highest BCUT2D eigenvalue weighted by atomic mass is 35.5. The summed E-state index contributed by atoms with van der Waals surface area (Å²) in [6.45, 7) is 4.09. The third kappa shape index (κ3) is 4.55. The molecule has 0 aliphatic carbocycles. The lowest BCUT2D eigenvalue weighted by Crippen LogP contribution is -2.13. The van der Waals surface area contributed by atoms with Crippen molar-refractivity contribution < 1.29 is 5.11 Å². The van der Waals surface area contributed by atoms with E-state index in [2.05, 4.69) is 25.1 Å². The van der Waals surface area contributed by atoms with E-state index in [-0.39, 0.29) is 6.10 Å². The van der Waals surface area contributed by atoms with Crippen molar-refractivity contribution in [3.63, 3.8) is 0 Å². The summed E-state index contributed by atoms with van der Waals surface area (Å²) in [5, 5.41) is 10.9. The van der Waals surface area contributed by atoms with Crippen molar-refractivity contribution in [1.29, 1.82) is 0 Å². The fourth-order valence-corrected chi connectivity index (χ4v) is 3.29. The molecule has 1 nitrogen and oxygen atoms in total. The van der Waals surface area contributed by atoms with Gasteiger partial charge in [-0.25, -0.2) is 0 Å². The smallest absolute Gasteiger partial charge is 0.0674 e. The second-order valence-corrected chi connectivity index (χ2v) is 6.58. The molecule has 0 heterocycles. The normalized spacial score (nSPS) is 12.4. The first kappa shape index (κ1) is 15.4. The molecule has 0 aliphatic heterocycles. The van der Waals surface area contributed by atoms with Crippen molar-refractivity contribution in [3.05, 3.63) is 64.2 Å². The average Bonchev–Trinajstić information content (AvgIpc) is 2.40. The van der Waals surface area contributed by atoms with E-state index in [4.69, 9.17) is 11.6 Å². The first-order valence-electron chi connectivity index (χ1n) is 6.67. The fourth-order valence-electron chi connectivity index (χ4n) is 2.03. The summed E-state index contributed by atoms with van der Waals surface area (Å²) >= 11 is 7.87. The van der Waals surface area contributed by atoms with Crippen LogP contribution in [0.3, 0.4) is 0 Å². The van der Waals surface area contributed by atoms with Crippen LogP contribution in [-0.2, 0) is 6.42 Å². The van der Waals surface area contributed by atoms with Crippen molar-refractivity contribution in [2.75, 3.05) is 5.75 Å². The zero-order chi connectivity index (χ0) is 14.5. The molecular formula is C17H19ClOS. The van der Waals surface area contributed by atoms with Crippen LogP contribution in [0.5, 0.6) is 0 Å². The largest absolute Gasteiger partial charge is 0.392 e. The first-order chi connectivity index (χ1) is 9.54. The van der Waals surface area contributed by atoms with Gasteiger partial charge in [0, 0.05) is 22.1 Å². The molecule has 1 N–H and O–H groups in total. The Balaban J connectivity index is 1.90. The number of aliphatic hydroxyl groups excluding tert-OH is 1. The number of aliphatic hydroxyl groups is 1. The second-order valence-electron chi connectivity index (χ2n) is 5.08. The molecule has 3 heteroatoms. The van der Waals surface area contributed by atoms with E-state index in [9.17, 15) is 5.11 Å². The molecule has 2 aromatic carbocycles. The third-order valence-electron chi connectivity index (χ3n) is 3.10. The Morgan fingerprint density at radius 3 is 2.55 bits per heavy atom. The van der Waals surface area contributed by atoms with E-state index in [1.165, 1.54) is 10.5 Å².